The number of ether oxygens (including phenoxy) is 1. The second-order valence-corrected chi connectivity index (χ2v) is 4.59. The van der Waals surface area contributed by atoms with Crippen LogP contribution in [0.1, 0.15) is 17.2 Å². The molecule has 1 heterocycles. The lowest BCUT2D eigenvalue weighted by atomic mass is 10.1. The van der Waals surface area contributed by atoms with Crippen molar-refractivity contribution in [3.05, 3.63) is 71.8 Å². The lowest BCUT2D eigenvalue weighted by molar-refractivity contribution is -0.122. The predicted molar refractivity (Wildman–Crippen MR) is 72.3 cm³/mol. The maximum Gasteiger partial charge on any atom is 0.252 e. The zero-order chi connectivity index (χ0) is 13.1. The summed E-state index contributed by atoms with van der Waals surface area (Å²) in [6.07, 6.45) is -0.428. The van der Waals surface area contributed by atoms with Gasteiger partial charge in [0, 0.05) is 6.54 Å². The average molecular weight is 253 g/mol. The summed E-state index contributed by atoms with van der Waals surface area (Å²) in [6, 6.07) is 19.7. The molecule has 3 nitrogen and oxygen atoms in total. The van der Waals surface area contributed by atoms with E-state index in [1.165, 1.54) is 0 Å². The second kappa shape index (κ2) is 5.24. The highest BCUT2D eigenvalue weighted by Gasteiger charge is 2.45. The number of amides is 1. The van der Waals surface area contributed by atoms with Crippen molar-refractivity contribution in [3.63, 3.8) is 0 Å². The third kappa shape index (κ3) is 2.83. The molecule has 2 aromatic rings. The van der Waals surface area contributed by atoms with Gasteiger partial charge in [-0.1, -0.05) is 60.7 Å². The average Bonchev–Trinajstić information content (AvgIpc) is 3.27. The van der Waals surface area contributed by atoms with Crippen LogP contribution in [-0.2, 0) is 16.1 Å². The van der Waals surface area contributed by atoms with E-state index < -0.39 is 0 Å². The lowest BCUT2D eigenvalue weighted by Crippen LogP contribution is -2.27. The van der Waals surface area contributed by atoms with Crippen LogP contribution < -0.4 is 5.32 Å². The Kier molecular flexibility index (Phi) is 3.29. The van der Waals surface area contributed by atoms with Gasteiger partial charge in [0.05, 0.1) is 0 Å². The molecule has 0 aromatic heterocycles. The quantitative estimate of drug-likeness (QED) is 0.850. The number of carbonyl (C=O) groups is 1. The largest absolute Gasteiger partial charge is 0.354 e. The van der Waals surface area contributed by atoms with Crippen LogP contribution in [0.4, 0.5) is 0 Å². The fraction of sp³-hybridized carbons (Fsp3) is 0.188. The van der Waals surface area contributed by atoms with Gasteiger partial charge in [0.1, 0.15) is 6.10 Å². The van der Waals surface area contributed by atoms with Crippen molar-refractivity contribution in [3.8, 4) is 0 Å². The maximum atomic E-state index is 11.9. The van der Waals surface area contributed by atoms with Crippen LogP contribution >= 0.6 is 0 Å². The molecule has 3 heteroatoms. The number of nitrogens with one attached hydrogen (secondary N) is 1. The number of rotatable bonds is 4. The van der Waals surface area contributed by atoms with Crippen LogP contribution in [0.2, 0.25) is 0 Å². The van der Waals surface area contributed by atoms with Gasteiger partial charge in [0.25, 0.3) is 5.91 Å². The van der Waals surface area contributed by atoms with Crippen molar-refractivity contribution in [1.82, 2.24) is 5.32 Å². The molecule has 1 amide bonds. The van der Waals surface area contributed by atoms with E-state index >= 15 is 0 Å². The number of hydrogen-bond acceptors (Lipinski definition) is 2. The summed E-state index contributed by atoms with van der Waals surface area (Å²) in [6.45, 7) is 0.543. The first-order valence-electron chi connectivity index (χ1n) is 6.36. The number of benzene rings is 2. The van der Waals surface area contributed by atoms with Crippen molar-refractivity contribution in [2.24, 2.45) is 0 Å². The molecule has 2 unspecified atom stereocenters. The minimum Gasteiger partial charge on any atom is -0.354 e. The Hall–Kier alpha value is -2.13. The molecule has 2 aromatic carbocycles. The molecule has 0 bridgehead atoms. The summed E-state index contributed by atoms with van der Waals surface area (Å²) >= 11 is 0. The molecular formula is C16H15NO2. The van der Waals surface area contributed by atoms with Gasteiger partial charge in [-0.3, -0.25) is 4.79 Å². The molecule has 1 aliphatic rings. The molecule has 0 saturated carbocycles. The Morgan fingerprint density at radius 3 is 2.32 bits per heavy atom. The van der Waals surface area contributed by atoms with E-state index in [0.717, 1.165) is 11.1 Å². The van der Waals surface area contributed by atoms with Crippen molar-refractivity contribution in [1.29, 1.82) is 0 Å². The summed E-state index contributed by atoms with van der Waals surface area (Å²) in [7, 11) is 0. The van der Waals surface area contributed by atoms with Crippen molar-refractivity contribution in [2.75, 3.05) is 0 Å². The molecule has 0 radical (unpaired) electrons. The van der Waals surface area contributed by atoms with Crippen molar-refractivity contribution in [2.45, 2.75) is 18.8 Å². The highest BCUT2D eigenvalue weighted by atomic mass is 16.6. The molecule has 2 atom stereocenters. The Bertz CT molecular complexity index is 553. The van der Waals surface area contributed by atoms with E-state index in [-0.39, 0.29) is 18.1 Å². The van der Waals surface area contributed by atoms with Gasteiger partial charge in [-0.25, -0.2) is 0 Å². The second-order valence-electron chi connectivity index (χ2n) is 4.59. The summed E-state index contributed by atoms with van der Waals surface area (Å²) in [5.74, 6) is -0.0438. The minimum absolute atomic E-state index is 0.0438. The fourth-order valence-corrected chi connectivity index (χ4v) is 2.09. The standard InChI is InChI=1S/C16H15NO2/c18-16(17-11-12-7-3-1-4-8-12)15-14(19-15)13-9-5-2-6-10-13/h1-10,14-15H,11H2,(H,17,18). The normalized spacial score (nSPS) is 20.8. The third-order valence-electron chi connectivity index (χ3n) is 3.19. The molecular weight excluding hydrogens is 238 g/mol. The lowest BCUT2D eigenvalue weighted by Gasteiger charge is -2.03. The summed E-state index contributed by atoms with van der Waals surface area (Å²) in [5, 5.41) is 2.90. The maximum absolute atomic E-state index is 11.9. The highest BCUT2D eigenvalue weighted by molar-refractivity contribution is 5.84. The Labute approximate surface area is 112 Å². The van der Waals surface area contributed by atoms with Crippen LogP contribution in [0.25, 0.3) is 0 Å². The van der Waals surface area contributed by atoms with E-state index in [1.807, 2.05) is 60.7 Å². The first-order valence-corrected chi connectivity index (χ1v) is 6.36. The smallest absolute Gasteiger partial charge is 0.252 e. The molecule has 3 rings (SSSR count). The first kappa shape index (κ1) is 11.9. The topological polar surface area (TPSA) is 41.6 Å². The Balaban J connectivity index is 1.53. The van der Waals surface area contributed by atoms with E-state index in [2.05, 4.69) is 5.32 Å². The van der Waals surface area contributed by atoms with E-state index in [0.29, 0.717) is 6.54 Å². The predicted octanol–water partition coefficient (Wildman–Crippen LogP) is 2.44. The molecule has 1 saturated heterocycles. The van der Waals surface area contributed by atoms with Gasteiger partial charge in [-0.15, -0.1) is 0 Å². The summed E-state index contributed by atoms with van der Waals surface area (Å²) in [5.41, 5.74) is 2.15. The highest BCUT2D eigenvalue weighted by Crippen LogP contribution is 2.38. The fourth-order valence-electron chi connectivity index (χ4n) is 2.09. The summed E-state index contributed by atoms with van der Waals surface area (Å²) in [4.78, 5) is 11.9. The van der Waals surface area contributed by atoms with Gasteiger partial charge in [-0.2, -0.15) is 0 Å². The van der Waals surface area contributed by atoms with Crippen LogP contribution in [-0.4, -0.2) is 12.0 Å². The Morgan fingerprint density at radius 1 is 1.00 bits per heavy atom. The van der Waals surface area contributed by atoms with Gasteiger partial charge < -0.3 is 10.1 Å². The summed E-state index contributed by atoms with van der Waals surface area (Å²) < 4.78 is 5.44. The minimum atomic E-state index is -0.342. The molecule has 19 heavy (non-hydrogen) atoms. The SMILES string of the molecule is O=C(NCc1ccccc1)C1OC1c1ccccc1. The van der Waals surface area contributed by atoms with Crippen LogP contribution in [0.5, 0.6) is 0 Å². The zero-order valence-electron chi connectivity index (χ0n) is 10.5. The monoisotopic (exact) mass is 253 g/mol. The molecule has 1 fully saturated rings. The Morgan fingerprint density at radius 2 is 1.63 bits per heavy atom. The zero-order valence-corrected chi connectivity index (χ0v) is 10.5. The van der Waals surface area contributed by atoms with Crippen LogP contribution in [0.15, 0.2) is 60.7 Å². The third-order valence-corrected chi connectivity index (χ3v) is 3.19. The van der Waals surface area contributed by atoms with Gasteiger partial charge in [0.2, 0.25) is 0 Å². The molecule has 96 valence electrons. The number of carbonyl (C=O) groups excluding carboxylic acids is 1. The van der Waals surface area contributed by atoms with E-state index in [9.17, 15) is 4.79 Å². The van der Waals surface area contributed by atoms with Gasteiger partial charge >= 0.3 is 0 Å². The van der Waals surface area contributed by atoms with Crippen LogP contribution in [0.3, 0.4) is 0 Å². The van der Waals surface area contributed by atoms with E-state index in [1.54, 1.807) is 0 Å². The molecule has 1 N–H and O–H groups in total. The van der Waals surface area contributed by atoms with Crippen molar-refractivity contribution < 1.29 is 9.53 Å². The first-order chi connectivity index (χ1) is 9.34. The molecule has 0 aliphatic carbocycles. The van der Waals surface area contributed by atoms with Crippen molar-refractivity contribution >= 4 is 5.91 Å². The molecule has 1 aliphatic heterocycles. The van der Waals surface area contributed by atoms with Gasteiger partial charge in [-0.05, 0) is 11.1 Å². The van der Waals surface area contributed by atoms with E-state index in [4.69, 9.17) is 4.74 Å². The number of hydrogen-bond donors (Lipinski definition) is 1. The van der Waals surface area contributed by atoms with Crippen LogP contribution in [0, 0.1) is 0 Å². The molecule has 0 spiro atoms. The van der Waals surface area contributed by atoms with Gasteiger partial charge in [0.15, 0.2) is 6.10 Å². The number of epoxide rings is 1.